The predicted molar refractivity (Wildman–Crippen MR) is 239 cm³/mol. The molecule has 0 aliphatic heterocycles. The molecule has 0 radical (unpaired) electrons. The fraction of sp³-hybridized carbons (Fsp3) is 0.583. The number of hydrogen-bond acceptors (Lipinski definition) is 6. The van der Waals surface area contributed by atoms with E-state index in [1.807, 2.05) is 48.5 Å². The van der Waals surface area contributed by atoms with Crippen molar-refractivity contribution in [1.29, 1.82) is 0 Å². The van der Waals surface area contributed by atoms with Gasteiger partial charge in [-0.1, -0.05) is 179 Å². The Morgan fingerprint density at radius 2 is 0.667 bits per heavy atom. The van der Waals surface area contributed by atoms with Crippen molar-refractivity contribution in [3.05, 3.63) is 82.9 Å². The number of aryl methyl sites for hydroxylation is 4. The first-order chi connectivity index (χ1) is 26.9. The van der Waals surface area contributed by atoms with Crippen LogP contribution >= 0.6 is 0 Å². The van der Waals surface area contributed by atoms with Gasteiger partial charge in [-0.25, -0.2) is 16.8 Å². The van der Waals surface area contributed by atoms with Crippen LogP contribution in [0.25, 0.3) is 21.5 Å². The van der Waals surface area contributed by atoms with Gasteiger partial charge in [0.05, 0.1) is 9.79 Å². The van der Waals surface area contributed by atoms with Gasteiger partial charge in [-0.15, -0.1) is 0 Å². The Labute approximate surface area is 387 Å². The van der Waals surface area contributed by atoms with Crippen LogP contribution in [0.2, 0.25) is 0 Å². The Bertz CT molecular complexity index is 1820. The molecule has 312 valence electrons. The fourth-order valence-corrected chi connectivity index (χ4v) is 9.64. The molecule has 0 spiro atoms. The largest absolute Gasteiger partial charge is 2.00 e. The molecule has 0 saturated carbocycles. The van der Waals surface area contributed by atoms with Crippen molar-refractivity contribution in [2.45, 2.75) is 192 Å². The SMILES string of the molecule is CCCCCCCc1ccc2ccc(CCCCCCC)c(S(=O)(=O)[O-])c2c1.CCCCCCCc1ccc2ccc(CCCCCCC)c(S(=O)(=O)[O-])c2c1.[Ba+2]. The summed E-state index contributed by atoms with van der Waals surface area (Å²) in [5, 5.41) is 2.87. The fourth-order valence-electron chi connectivity index (χ4n) is 7.77. The van der Waals surface area contributed by atoms with Crippen LogP contribution in [0.5, 0.6) is 0 Å². The summed E-state index contributed by atoms with van der Waals surface area (Å²) in [6.45, 7) is 8.75. The normalized spacial score (nSPS) is 11.8. The summed E-state index contributed by atoms with van der Waals surface area (Å²) in [5.74, 6) is 0. The molecule has 9 heteroatoms. The summed E-state index contributed by atoms with van der Waals surface area (Å²) < 4.78 is 72.5. The molecule has 57 heavy (non-hydrogen) atoms. The van der Waals surface area contributed by atoms with Crippen molar-refractivity contribution in [2.24, 2.45) is 0 Å². The minimum Gasteiger partial charge on any atom is -0.744 e. The Morgan fingerprint density at radius 1 is 0.386 bits per heavy atom. The van der Waals surface area contributed by atoms with Crippen LogP contribution in [-0.4, -0.2) is 74.8 Å². The van der Waals surface area contributed by atoms with Gasteiger partial charge in [0.25, 0.3) is 0 Å². The Morgan fingerprint density at radius 3 is 0.965 bits per heavy atom. The molecule has 4 aromatic carbocycles. The molecule has 0 saturated heterocycles. The number of benzene rings is 4. The molecule has 0 atom stereocenters. The topological polar surface area (TPSA) is 114 Å². The quantitative estimate of drug-likeness (QED) is 0.0352. The van der Waals surface area contributed by atoms with Crippen LogP contribution in [0.1, 0.15) is 178 Å². The monoisotopic (exact) mass is 944 g/mol. The van der Waals surface area contributed by atoms with E-state index >= 15 is 0 Å². The van der Waals surface area contributed by atoms with Crippen molar-refractivity contribution in [3.8, 4) is 0 Å². The molecular weight excluding hydrogens is 874 g/mol. The number of fused-ring (bicyclic) bond motifs is 2. The zero-order valence-electron chi connectivity index (χ0n) is 35.7. The van der Waals surface area contributed by atoms with E-state index in [2.05, 4.69) is 39.8 Å². The molecule has 4 rings (SSSR count). The standard InChI is InChI=1S/2C24H36O3S.Ba/c2*1-3-5-7-9-11-13-20-15-16-21-17-18-22(14-12-10-8-6-4-2)24(23(21)19-20)28(25,26)27;/h2*15-19H,3-14H2,1-2H3,(H,25,26,27);/q;;+2/p-2. The van der Waals surface area contributed by atoms with Gasteiger partial charge in [0.15, 0.2) is 0 Å². The molecule has 0 N–H and O–H groups in total. The van der Waals surface area contributed by atoms with Gasteiger partial charge in [0, 0.05) is 0 Å². The maximum absolute atomic E-state index is 12.1. The van der Waals surface area contributed by atoms with Gasteiger partial charge in [-0.05, 0) is 107 Å². The molecular formula is C48H70BaO6S2. The van der Waals surface area contributed by atoms with E-state index in [9.17, 15) is 25.9 Å². The zero-order valence-corrected chi connectivity index (χ0v) is 41.8. The minimum absolute atomic E-state index is 0. The Hall–Kier alpha value is -1.21. The van der Waals surface area contributed by atoms with Gasteiger partial charge in [0.1, 0.15) is 20.2 Å². The van der Waals surface area contributed by atoms with Gasteiger partial charge >= 0.3 is 48.9 Å². The predicted octanol–water partition coefficient (Wildman–Crippen LogP) is 13.2. The average molecular weight is 945 g/mol. The van der Waals surface area contributed by atoms with Crippen molar-refractivity contribution < 1.29 is 25.9 Å². The first kappa shape index (κ1) is 51.9. The molecule has 0 unspecified atom stereocenters. The van der Waals surface area contributed by atoms with Crippen LogP contribution in [-0.2, 0) is 45.9 Å². The summed E-state index contributed by atoms with van der Waals surface area (Å²) in [4.78, 5) is 0.0154. The van der Waals surface area contributed by atoms with Crippen molar-refractivity contribution in [2.75, 3.05) is 0 Å². The third kappa shape index (κ3) is 18.5. The Kier molecular flexibility index (Phi) is 25.8. The van der Waals surface area contributed by atoms with E-state index in [0.717, 1.165) is 86.1 Å². The van der Waals surface area contributed by atoms with E-state index in [-0.39, 0.29) is 58.7 Å². The number of rotatable bonds is 26. The molecule has 0 aromatic heterocycles. The number of unbranched alkanes of at least 4 members (excludes halogenated alkanes) is 16. The third-order valence-corrected chi connectivity index (χ3v) is 12.9. The summed E-state index contributed by atoms with van der Waals surface area (Å²) in [7, 11) is -9.01. The van der Waals surface area contributed by atoms with E-state index in [0.29, 0.717) is 34.7 Å². The van der Waals surface area contributed by atoms with Gasteiger partial charge in [-0.3, -0.25) is 0 Å². The van der Waals surface area contributed by atoms with E-state index in [1.165, 1.54) is 77.0 Å². The van der Waals surface area contributed by atoms with E-state index < -0.39 is 20.2 Å². The maximum Gasteiger partial charge on any atom is 2.00 e. The summed E-state index contributed by atoms with van der Waals surface area (Å²) in [6, 6.07) is 19.5. The van der Waals surface area contributed by atoms with Gasteiger partial charge in [-0.2, -0.15) is 0 Å². The minimum atomic E-state index is -4.51. The van der Waals surface area contributed by atoms with Crippen LogP contribution < -0.4 is 0 Å². The van der Waals surface area contributed by atoms with Gasteiger partial charge < -0.3 is 9.11 Å². The summed E-state index contributed by atoms with van der Waals surface area (Å²) >= 11 is 0. The average Bonchev–Trinajstić information content (AvgIpc) is 3.16. The second-order valence-corrected chi connectivity index (χ2v) is 18.4. The van der Waals surface area contributed by atoms with Crippen LogP contribution in [0, 0.1) is 0 Å². The third-order valence-electron chi connectivity index (χ3n) is 11.0. The maximum atomic E-state index is 12.1. The molecule has 4 aromatic rings. The molecule has 0 aliphatic carbocycles. The molecule has 0 aliphatic rings. The summed E-state index contributed by atoms with van der Waals surface area (Å²) in [6.07, 6.45) is 26.3. The van der Waals surface area contributed by atoms with Crippen molar-refractivity contribution in [1.82, 2.24) is 0 Å². The Balaban J connectivity index is 0.000000387. The van der Waals surface area contributed by atoms with E-state index in [4.69, 9.17) is 0 Å². The molecule has 0 amide bonds. The molecule has 0 fully saturated rings. The second-order valence-electron chi connectivity index (χ2n) is 15.8. The molecule has 0 bridgehead atoms. The zero-order chi connectivity index (χ0) is 40.8. The van der Waals surface area contributed by atoms with Crippen LogP contribution in [0.3, 0.4) is 0 Å². The van der Waals surface area contributed by atoms with Crippen LogP contribution in [0.15, 0.2) is 70.5 Å². The smallest absolute Gasteiger partial charge is 0.744 e. The van der Waals surface area contributed by atoms with Crippen molar-refractivity contribution in [3.63, 3.8) is 0 Å². The van der Waals surface area contributed by atoms with Gasteiger partial charge in [0.2, 0.25) is 0 Å². The van der Waals surface area contributed by atoms with Crippen LogP contribution in [0.4, 0.5) is 0 Å². The molecule has 6 nitrogen and oxygen atoms in total. The molecule has 0 heterocycles. The number of hydrogen-bond donors (Lipinski definition) is 0. The first-order valence-corrected chi connectivity index (χ1v) is 24.8. The first-order valence-electron chi connectivity index (χ1n) is 21.9. The summed E-state index contributed by atoms with van der Waals surface area (Å²) in [5.41, 5.74) is 3.60. The second kappa shape index (κ2) is 28.3. The van der Waals surface area contributed by atoms with Crippen molar-refractivity contribution >= 4 is 90.7 Å². The van der Waals surface area contributed by atoms with E-state index in [1.54, 1.807) is 0 Å².